The second-order valence-corrected chi connectivity index (χ2v) is 5.86. The summed E-state index contributed by atoms with van der Waals surface area (Å²) in [6.07, 6.45) is 4.74. The van der Waals surface area contributed by atoms with Crippen molar-refractivity contribution >= 4 is 22.6 Å². The molecule has 0 spiro atoms. The van der Waals surface area contributed by atoms with Gasteiger partial charge in [-0.15, -0.1) is 0 Å². The molecule has 102 valence electrons. The van der Waals surface area contributed by atoms with E-state index in [2.05, 4.69) is 17.6 Å². The average molecular weight is 278 g/mol. The van der Waals surface area contributed by atoms with Gasteiger partial charge in [-0.05, 0) is 37.5 Å². The predicted molar refractivity (Wildman–Crippen MR) is 79.7 cm³/mol. The first kappa shape index (κ1) is 12.9. The van der Waals surface area contributed by atoms with Gasteiger partial charge in [0.15, 0.2) is 0 Å². The van der Waals surface area contributed by atoms with Crippen LogP contribution in [0.5, 0.6) is 0 Å². The number of nitrogens with two attached hydrogens (primary N) is 1. The highest BCUT2D eigenvalue weighted by molar-refractivity contribution is 6.31. The number of imidazole rings is 1. The smallest absolute Gasteiger partial charge is 0.114 e. The number of hydrogen-bond acceptors (Lipinski definition) is 2. The highest BCUT2D eigenvalue weighted by Crippen LogP contribution is 2.41. The topological polar surface area (TPSA) is 43.8 Å². The third-order valence-electron chi connectivity index (χ3n) is 3.88. The Labute approximate surface area is 118 Å². The van der Waals surface area contributed by atoms with E-state index < -0.39 is 0 Å². The Bertz CT molecular complexity index is 586. The van der Waals surface area contributed by atoms with Crippen molar-refractivity contribution in [3.8, 4) is 0 Å². The van der Waals surface area contributed by atoms with Gasteiger partial charge < -0.3 is 10.3 Å². The maximum atomic E-state index is 6.08. The van der Waals surface area contributed by atoms with E-state index in [4.69, 9.17) is 22.3 Å². The molecular weight excluding hydrogens is 258 g/mol. The largest absolute Gasteiger partial charge is 0.330 e. The summed E-state index contributed by atoms with van der Waals surface area (Å²) in [5.74, 6) is 1.51. The number of hydrogen-bond donors (Lipinski definition) is 1. The minimum Gasteiger partial charge on any atom is -0.330 e. The molecule has 1 saturated carbocycles. The van der Waals surface area contributed by atoms with Gasteiger partial charge in [-0.25, -0.2) is 4.98 Å². The lowest BCUT2D eigenvalue weighted by Crippen LogP contribution is -2.17. The fraction of sp³-hybridized carbons (Fsp3) is 0.533. The first-order valence-corrected chi connectivity index (χ1v) is 7.49. The van der Waals surface area contributed by atoms with Crippen molar-refractivity contribution in [3.63, 3.8) is 0 Å². The maximum Gasteiger partial charge on any atom is 0.114 e. The molecule has 3 nitrogen and oxygen atoms in total. The van der Waals surface area contributed by atoms with Crippen LogP contribution in [0.3, 0.4) is 0 Å². The van der Waals surface area contributed by atoms with Gasteiger partial charge in [-0.2, -0.15) is 0 Å². The van der Waals surface area contributed by atoms with Crippen LogP contribution in [0.2, 0.25) is 5.02 Å². The van der Waals surface area contributed by atoms with E-state index in [1.54, 1.807) is 0 Å². The summed E-state index contributed by atoms with van der Waals surface area (Å²) in [5, 5.41) is 0.749. The molecular formula is C15H20ClN3. The van der Waals surface area contributed by atoms with E-state index in [1.807, 2.05) is 12.1 Å². The lowest BCUT2D eigenvalue weighted by Gasteiger charge is -2.16. The molecule has 2 N–H and O–H groups in total. The van der Waals surface area contributed by atoms with E-state index in [9.17, 15) is 0 Å². The Balaban J connectivity index is 2.13. The van der Waals surface area contributed by atoms with Crippen LogP contribution in [-0.2, 0) is 0 Å². The second-order valence-electron chi connectivity index (χ2n) is 5.43. The molecule has 0 amide bonds. The zero-order chi connectivity index (χ0) is 13.4. The summed E-state index contributed by atoms with van der Waals surface area (Å²) in [6.45, 7) is 2.86. The second kappa shape index (κ2) is 5.14. The Morgan fingerprint density at radius 3 is 2.89 bits per heavy atom. The van der Waals surface area contributed by atoms with Crippen molar-refractivity contribution in [1.82, 2.24) is 9.55 Å². The zero-order valence-electron chi connectivity index (χ0n) is 11.3. The molecule has 2 aromatic rings. The fourth-order valence-corrected chi connectivity index (χ4v) is 2.96. The van der Waals surface area contributed by atoms with Crippen molar-refractivity contribution in [3.05, 3.63) is 29.0 Å². The molecule has 0 saturated heterocycles. The lowest BCUT2D eigenvalue weighted by atomic mass is 10.0. The maximum absolute atomic E-state index is 6.08. The minimum absolute atomic E-state index is 0.358. The summed E-state index contributed by atoms with van der Waals surface area (Å²) in [4.78, 5) is 4.82. The molecule has 1 unspecified atom stereocenters. The Hall–Kier alpha value is -1.06. The summed E-state index contributed by atoms with van der Waals surface area (Å²) in [7, 11) is 0. The normalized spacial score (nSPS) is 17.0. The molecule has 3 rings (SSSR count). The molecule has 1 aliphatic carbocycles. The molecule has 4 heteroatoms. The van der Waals surface area contributed by atoms with Crippen LogP contribution in [0.15, 0.2) is 18.2 Å². The molecule has 1 aromatic heterocycles. The van der Waals surface area contributed by atoms with E-state index >= 15 is 0 Å². The Kier molecular flexibility index (Phi) is 3.50. The summed E-state index contributed by atoms with van der Waals surface area (Å²) in [6, 6.07) is 6.61. The molecule has 1 heterocycles. The molecule has 1 atom stereocenters. The van der Waals surface area contributed by atoms with Gasteiger partial charge in [0.2, 0.25) is 0 Å². The number of aromatic nitrogens is 2. The quantitative estimate of drug-likeness (QED) is 0.902. The van der Waals surface area contributed by atoms with Crippen molar-refractivity contribution in [2.45, 2.75) is 44.6 Å². The summed E-state index contributed by atoms with van der Waals surface area (Å²) < 4.78 is 2.40. The van der Waals surface area contributed by atoms with Gasteiger partial charge in [-0.3, -0.25) is 0 Å². The van der Waals surface area contributed by atoms with Gasteiger partial charge >= 0.3 is 0 Å². The molecule has 1 aliphatic rings. The van der Waals surface area contributed by atoms with Gasteiger partial charge in [0.05, 0.1) is 11.0 Å². The van der Waals surface area contributed by atoms with Crippen LogP contribution in [0.4, 0.5) is 0 Å². The monoisotopic (exact) mass is 277 g/mol. The van der Waals surface area contributed by atoms with Crippen molar-refractivity contribution < 1.29 is 0 Å². The zero-order valence-corrected chi connectivity index (χ0v) is 12.0. The molecule has 0 aliphatic heterocycles. The molecule has 19 heavy (non-hydrogen) atoms. The third-order valence-corrected chi connectivity index (χ3v) is 4.11. The van der Waals surface area contributed by atoms with Crippen LogP contribution >= 0.6 is 11.6 Å². The third kappa shape index (κ3) is 2.37. The summed E-state index contributed by atoms with van der Waals surface area (Å²) in [5.41, 5.74) is 8.16. The first-order valence-electron chi connectivity index (χ1n) is 7.12. The van der Waals surface area contributed by atoms with Gasteiger partial charge in [-0.1, -0.05) is 24.9 Å². The lowest BCUT2D eigenvalue weighted by molar-refractivity contribution is 0.552. The number of nitrogens with zero attached hydrogens (tertiary/aromatic N) is 2. The molecule has 0 bridgehead atoms. The van der Waals surface area contributed by atoms with Gasteiger partial charge in [0.1, 0.15) is 5.82 Å². The first-order chi connectivity index (χ1) is 9.24. The average Bonchev–Trinajstić information content (AvgIpc) is 3.17. The number of fused-ring (bicyclic) bond motifs is 1. The van der Waals surface area contributed by atoms with E-state index in [1.165, 1.54) is 18.4 Å². The van der Waals surface area contributed by atoms with Crippen molar-refractivity contribution in [1.29, 1.82) is 0 Å². The molecule has 0 radical (unpaired) electrons. The fourth-order valence-electron chi connectivity index (χ4n) is 2.80. The van der Waals surface area contributed by atoms with Crippen molar-refractivity contribution in [2.75, 3.05) is 6.54 Å². The standard InChI is InChI=1S/C15H20ClN3/c1-2-3-10(9-17)15-18-13-8-11(16)4-7-14(13)19(15)12-5-6-12/h4,7-8,10,12H,2-3,5-6,9,17H2,1H3. The van der Waals surface area contributed by atoms with Crippen LogP contribution in [0, 0.1) is 0 Å². The SMILES string of the molecule is CCCC(CN)c1nc2cc(Cl)ccc2n1C1CC1. The summed E-state index contributed by atoms with van der Waals surface area (Å²) >= 11 is 6.08. The van der Waals surface area contributed by atoms with Crippen LogP contribution in [-0.4, -0.2) is 16.1 Å². The van der Waals surface area contributed by atoms with E-state index in [0.717, 1.165) is 29.2 Å². The molecule has 1 fully saturated rings. The van der Waals surface area contributed by atoms with E-state index in [-0.39, 0.29) is 0 Å². The minimum atomic E-state index is 0.358. The highest BCUT2D eigenvalue weighted by Gasteiger charge is 2.30. The highest BCUT2D eigenvalue weighted by atomic mass is 35.5. The van der Waals surface area contributed by atoms with E-state index in [0.29, 0.717) is 18.5 Å². The Morgan fingerprint density at radius 2 is 2.26 bits per heavy atom. The van der Waals surface area contributed by atoms with Crippen LogP contribution in [0.1, 0.15) is 50.4 Å². The van der Waals surface area contributed by atoms with Crippen LogP contribution < -0.4 is 5.73 Å². The van der Waals surface area contributed by atoms with Gasteiger partial charge in [0, 0.05) is 23.5 Å². The van der Waals surface area contributed by atoms with Crippen LogP contribution in [0.25, 0.3) is 11.0 Å². The predicted octanol–water partition coefficient (Wildman–Crippen LogP) is 3.87. The Morgan fingerprint density at radius 1 is 1.47 bits per heavy atom. The number of halogens is 1. The van der Waals surface area contributed by atoms with Gasteiger partial charge in [0.25, 0.3) is 0 Å². The number of rotatable bonds is 5. The van der Waals surface area contributed by atoms with Crippen molar-refractivity contribution in [2.24, 2.45) is 5.73 Å². The molecule has 1 aromatic carbocycles. The number of benzene rings is 1.